The largest absolute Gasteiger partial charge is 0.404 e. The maximum atomic E-state index is 12.3. The van der Waals surface area contributed by atoms with E-state index in [2.05, 4.69) is 31.2 Å². The third-order valence-electron chi connectivity index (χ3n) is 3.22. The zero-order valence-corrected chi connectivity index (χ0v) is 13.3. The fourth-order valence-corrected chi connectivity index (χ4v) is 2.87. The van der Waals surface area contributed by atoms with E-state index in [0.717, 1.165) is 10.7 Å². The normalized spacial score (nSPS) is 16.2. The van der Waals surface area contributed by atoms with Crippen molar-refractivity contribution in [2.75, 3.05) is 36.1 Å². The summed E-state index contributed by atoms with van der Waals surface area (Å²) in [6.45, 7) is 1.08. The SMILES string of the molecule is CNc1cc2nc(n1)/C(=C\N)C(=O)NCCNc1cc(cs1)N2. The van der Waals surface area contributed by atoms with Crippen LogP contribution >= 0.6 is 11.3 Å². The highest BCUT2D eigenvalue weighted by atomic mass is 32.1. The molecule has 0 fully saturated rings. The van der Waals surface area contributed by atoms with Crippen LogP contribution in [0.15, 0.2) is 23.7 Å². The van der Waals surface area contributed by atoms with Gasteiger partial charge in [0.1, 0.15) is 11.6 Å². The quantitative estimate of drug-likeness (QED) is 0.498. The van der Waals surface area contributed by atoms with Gasteiger partial charge in [-0.2, -0.15) is 0 Å². The summed E-state index contributed by atoms with van der Waals surface area (Å²) in [6.07, 6.45) is 1.23. The molecule has 1 aliphatic rings. The molecule has 0 aromatic carbocycles. The van der Waals surface area contributed by atoms with E-state index in [1.807, 2.05) is 11.4 Å². The van der Waals surface area contributed by atoms with Crippen LogP contribution in [0.3, 0.4) is 0 Å². The molecule has 9 heteroatoms. The first-order valence-electron chi connectivity index (χ1n) is 7.06. The van der Waals surface area contributed by atoms with Gasteiger partial charge in [-0.25, -0.2) is 9.97 Å². The second kappa shape index (κ2) is 6.53. The van der Waals surface area contributed by atoms with Gasteiger partial charge in [0.15, 0.2) is 5.82 Å². The first-order chi connectivity index (χ1) is 11.2. The average Bonchev–Trinajstić information content (AvgIpc) is 2.99. The van der Waals surface area contributed by atoms with Crippen LogP contribution in [0.2, 0.25) is 0 Å². The Balaban J connectivity index is 2.06. The number of aromatic nitrogens is 2. The van der Waals surface area contributed by atoms with Crippen LogP contribution in [0.5, 0.6) is 0 Å². The lowest BCUT2D eigenvalue weighted by Crippen LogP contribution is -2.30. The Kier molecular flexibility index (Phi) is 4.29. The molecule has 0 atom stereocenters. The van der Waals surface area contributed by atoms with Crippen molar-refractivity contribution < 1.29 is 4.79 Å². The highest BCUT2D eigenvalue weighted by molar-refractivity contribution is 7.14. The lowest BCUT2D eigenvalue weighted by atomic mass is 10.2. The number of carbonyl (C=O) groups excluding carboxylic acids is 1. The van der Waals surface area contributed by atoms with Crippen molar-refractivity contribution in [1.29, 1.82) is 0 Å². The molecule has 1 aliphatic heterocycles. The number of anilines is 4. The van der Waals surface area contributed by atoms with Crippen molar-refractivity contribution in [1.82, 2.24) is 15.3 Å². The summed E-state index contributed by atoms with van der Waals surface area (Å²) in [6, 6.07) is 3.75. The predicted molar refractivity (Wildman–Crippen MR) is 92.8 cm³/mol. The minimum Gasteiger partial charge on any atom is -0.404 e. The standard InChI is InChI=1S/C14H17N7OS/c1-16-10-5-11-19-8-4-12(23-7-8)17-2-3-18-14(22)9(6-15)13(20-10)21-11/h4-7,17H,2-3,15H2,1H3,(H,18,22)(H2,16,19,20,21)/b9-6+. The van der Waals surface area contributed by atoms with Crippen molar-refractivity contribution in [2.24, 2.45) is 5.73 Å². The van der Waals surface area contributed by atoms with Crippen molar-refractivity contribution in [3.63, 3.8) is 0 Å². The fourth-order valence-electron chi connectivity index (χ4n) is 2.11. The van der Waals surface area contributed by atoms with E-state index in [1.165, 1.54) is 6.20 Å². The molecule has 0 radical (unpaired) electrons. The van der Waals surface area contributed by atoms with E-state index < -0.39 is 0 Å². The van der Waals surface area contributed by atoms with Crippen LogP contribution < -0.4 is 27.0 Å². The van der Waals surface area contributed by atoms with Gasteiger partial charge in [-0.3, -0.25) is 4.79 Å². The van der Waals surface area contributed by atoms with Gasteiger partial charge in [-0.15, -0.1) is 11.3 Å². The van der Waals surface area contributed by atoms with Gasteiger partial charge < -0.3 is 27.0 Å². The predicted octanol–water partition coefficient (Wildman–Crippen LogP) is 1.16. The van der Waals surface area contributed by atoms with Crippen molar-refractivity contribution >= 4 is 45.1 Å². The molecule has 6 N–H and O–H groups in total. The molecule has 4 bridgehead atoms. The molecule has 3 heterocycles. The van der Waals surface area contributed by atoms with Gasteiger partial charge in [0.2, 0.25) is 0 Å². The summed E-state index contributed by atoms with van der Waals surface area (Å²) in [5, 5.41) is 15.2. The molecule has 0 spiro atoms. The Bertz CT molecular complexity index is 755. The van der Waals surface area contributed by atoms with E-state index >= 15 is 0 Å². The number of nitrogens with one attached hydrogen (secondary N) is 4. The summed E-state index contributed by atoms with van der Waals surface area (Å²) in [4.78, 5) is 21.0. The molecule has 0 saturated carbocycles. The molecule has 120 valence electrons. The van der Waals surface area contributed by atoms with Crippen LogP contribution in [0.1, 0.15) is 5.82 Å². The second-order valence-electron chi connectivity index (χ2n) is 4.80. The molecule has 8 nitrogen and oxygen atoms in total. The fraction of sp³-hybridized carbons (Fsp3) is 0.214. The average molecular weight is 331 g/mol. The Hall–Kier alpha value is -2.81. The second-order valence-corrected chi connectivity index (χ2v) is 5.71. The van der Waals surface area contributed by atoms with Gasteiger partial charge in [0.25, 0.3) is 5.91 Å². The zero-order chi connectivity index (χ0) is 16.2. The van der Waals surface area contributed by atoms with Crippen molar-refractivity contribution in [3.05, 3.63) is 29.5 Å². The molecule has 0 aliphatic carbocycles. The number of fused-ring (bicyclic) bond motifs is 4. The Morgan fingerprint density at radius 3 is 2.91 bits per heavy atom. The van der Waals surface area contributed by atoms with Crippen LogP contribution in [0, 0.1) is 0 Å². The van der Waals surface area contributed by atoms with Crippen LogP contribution in [0.25, 0.3) is 5.57 Å². The van der Waals surface area contributed by atoms with E-state index in [9.17, 15) is 4.79 Å². The van der Waals surface area contributed by atoms with E-state index in [1.54, 1.807) is 24.5 Å². The molecule has 2 aromatic heterocycles. The monoisotopic (exact) mass is 331 g/mol. The number of nitrogens with two attached hydrogens (primary N) is 1. The van der Waals surface area contributed by atoms with E-state index in [-0.39, 0.29) is 17.3 Å². The summed E-state index contributed by atoms with van der Waals surface area (Å²) >= 11 is 1.58. The third-order valence-corrected chi connectivity index (χ3v) is 4.10. The molecule has 0 unspecified atom stereocenters. The molecule has 3 rings (SSSR count). The smallest absolute Gasteiger partial charge is 0.256 e. The summed E-state index contributed by atoms with van der Waals surface area (Å²) in [5.74, 6) is 1.13. The Morgan fingerprint density at radius 1 is 1.30 bits per heavy atom. The lowest BCUT2D eigenvalue weighted by Gasteiger charge is -2.11. The number of thiophene rings is 1. The molecular formula is C14H17N7OS. The first kappa shape index (κ1) is 15.1. The van der Waals surface area contributed by atoms with Crippen molar-refractivity contribution in [2.45, 2.75) is 0 Å². The number of carbonyl (C=O) groups is 1. The summed E-state index contributed by atoms with van der Waals surface area (Å²) in [5.41, 5.74) is 6.76. The number of nitrogens with zero attached hydrogens (tertiary/aromatic N) is 2. The summed E-state index contributed by atoms with van der Waals surface area (Å²) < 4.78 is 0. The number of hydrogen-bond acceptors (Lipinski definition) is 8. The highest BCUT2D eigenvalue weighted by Gasteiger charge is 2.17. The maximum Gasteiger partial charge on any atom is 0.256 e. The Morgan fingerprint density at radius 2 is 2.13 bits per heavy atom. The number of hydrogen-bond donors (Lipinski definition) is 5. The molecule has 0 saturated heterocycles. The molecule has 23 heavy (non-hydrogen) atoms. The van der Waals surface area contributed by atoms with Gasteiger partial charge in [0.05, 0.1) is 16.3 Å². The topological polar surface area (TPSA) is 117 Å². The van der Waals surface area contributed by atoms with Gasteiger partial charge in [0, 0.05) is 37.8 Å². The lowest BCUT2D eigenvalue weighted by molar-refractivity contribution is -0.115. The van der Waals surface area contributed by atoms with Crippen molar-refractivity contribution in [3.8, 4) is 0 Å². The third kappa shape index (κ3) is 3.34. The minimum absolute atomic E-state index is 0.231. The zero-order valence-electron chi connectivity index (χ0n) is 12.5. The first-order valence-corrected chi connectivity index (χ1v) is 7.94. The van der Waals surface area contributed by atoms with Gasteiger partial charge in [-0.05, 0) is 6.07 Å². The minimum atomic E-state index is -0.307. The highest BCUT2D eigenvalue weighted by Crippen LogP contribution is 2.27. The van der Waals surface area contributed by atoms with Gasteiger partial charge >= 0.3 is 0 Å². The maximum absolute atomic E-state index is 12.3. The van der Waals surface area contributed by atoms with Crippen LogP contribution in [0.4, 0.5) is 22.3 Å². The Labute approximate surface area is 137 Å². The number of rotatable bonds is 1. The summed E-state index contributed by atoms with van der Waals surface area (Å²) in [7, 11) is 1.75. The van der Waals surface area contributed by atoms with E-state index in [0.29, 0.717) is 24.7 Å². The van der Waals surface area contributed by atoms with Crippen LogP contribution in [-0.4, -0.2) is 36.0 Å². The number of amides is 1. The van der Waals surface area contributed by atoms with Gasteiger partial charge in [-0.1, -0.05) is 0 Å². The molecule has 1 amide bonds. The van der Waals surface area contributed by atoms with E-state index in [4.69, 9.17) is 5.73 Å². The molecular weight excluding hydrogens is 314 g/mol. The van der Waals surface area contributed by atoms with Crippen LogP contribution in [-0.2, 0) is 4.79 Å². The molecule has 2 aromatic rings.